The predicted molar refractivity (Wildman–Crippen MR) is 105 cm³/mol. The first kappa shape index (κ1) is 18.2. The van der Waals surface area contributed by atoms with Gasteiger partial charge in [0.1, 0.15) is 6.10 Å². The van der Waals surface area contributed by atoms with Gasteiger partial charge >= 0.3 is 0 Å². The molecule has 4 rings (SSSR count). The standard InChI is InChI=1S/C23H27NO3/c1-3-9-18(10-4-1)15-25-17-22(26-16-19-11-5-2-6-12-19)23-20-13-7-8-14-21(20)24-27-23/h1-6,9-12,20,22-23H,7-8,13-17H2/t20-,22+,23-/m0/s1. The molecular weight excluding hydrogens is 338 g/mol. The number of oxime groups is 1. The van der Waals surface area contributed by atoms with Crippen LogP contribution in [0.15, 0.2) is 65.8 Å². The van der Waals surface area contributed by atoms with Crippen LogP contribution in [0.1, 0.15) is 36.8 Å². The van der Waals surface area contributed by atoms with Crippen molar-refractivity contribution in [2.45, 2.75) is 51.1 Å². The van der Waals surface area contributed by atoms with Crippen LogP contribution in [0.3, 0.4) is 0 Å². The lowest BCUT2D eigenvalue weighted by molar-refractivity contribution is -0.114. The van der Waals surface area contributed by atoms with Gasteiger partial charge in [-0.05, 0) is 30.4 Å². The highest BCUT2D eigenvalue weighted by Gasteiger charge is 2.41. The van der Waals surface area contributed by atoms with Gasteiger partial charge in [0, 0.05) is 5.92 Å². The Labute approximate surface area is 161 Å². The Morgan fingerprint density at radius 3 is 2.37 bits per heavy atom. The molecule has 4 nitrogen and oxygen atoms in total. The molecule has 1 aliphatic carbocycles. The van der Waals surface area contributed by atoms with Crippen LogP contribution >= 0.6 is 0 Å². The lowest BCUT2D eigenvalue weighted by Crippen LogP contribution is -2.40. The molecule has 1 heterocycles. The average Bonchev–Trinajstić information content (AvgIpc) is 3.16. The summed E-state index contributed by atoms with van der Waals surface area (Å²) in [5.41, 5.74) is 3.54. The van der Waals surface area contributed by atoms with Crippen molar-refractivity contribution in [3.8, 4) is 0 Å². The molecule has 27 heavy (non-hydrogen) atoms. The Morgan fingerprint density at radius 2 is 1.63 bits per heavy atom. The van der Waals surface area contributed by atoms with Gasteiger partial charge in [-0.1, -0.05) is 72.2 Å². The van der Waals surface area contributed by atoms with Gasteiger partial charge in [-0.15, -0.1) is 0 Å². The van der Waals surface area contributed by atoms with Crippen LogP contribution in [-0.4, -0.2) is 24.5 Å². The summed E-state index contributed by atoms with van der Waals surface area (Å²) in [6.45, 7) is 1.64. The minimum atomic E-state index is -0.127. The summed E-state index contributed by atoms with van der Waals surface area (Å²) in [5, 5.41) is 4.36. The van der Waals surface area contributed by atoms with Crippen LogP contribution < -0.4 is 0 Å². The molecule has 0 amide bonds. The first-order valence-electron chi connectivity index (χ1n) is 9.90. The lowest BCUT2D eigenvalue weighted by Gasteiger charge is -2.29. The minimum absolute atomic E-state index is 0.0419. The number of nitrogens with zero attached hydrogens (tertiary/aromatic N) is 1. The SMILES string of the molecule is c1ccc(COC[C@@H](OCc2ccccc2)[C@H]2ON=C3CCCC[C@@H]32)cc1. The van der Waals surface area contributed by atoms with Crippen LogP contribution in [0.5, 0.6) is 0 Å². The zero-order valence-corrected chi connectivity index (χ0v) is 15.6. The summed E-state index contributed by atoms with van der Waals surface area (Å²) in [7, 11) is 0. The number of hydrogen-bond acceptors (Lipinski definition) is 4. The van der Waals surface area contributed by atoms with Gasteiger partial charge in [0.25, 0.3) is 0 Å². The third kappa shape index (κ3) is 4.76. The smallest absolute Gasteiger partial charge is 0.163 e. The maximum atomic E-state index is 6.28. The monoisotopic (exact) mass is 365 g/mol. The van der Waals surface area contributed by atoms with E-state index < -0.39 is 0 Å². The maximum absolute atomic E-state index is 6.28. The minimum Gasteiger partial charge on any atom is -0.389 e. The van der Waals surface area contributed by atoms with Gasteiger partial charge in [-0.25, -0.2) is 0 Å². The van der Waals surface area contributed by atoms with Crippen molar-refractivity contribution in [1.82, 2.24) is 0 Å². The fourth-order valence-corrected chi connectivity index (χ4v) is 3.90. The fraction of sp³-hybridized carbons (Fsp3) is 0.435. The molecule has 2 aromatic carbocycles. The van der Waals surface area contributed by atoms with E-state index >= 15 is 0 Å². The van der Waals surface area contributed by atoms with E-state index in [2.05, 4.69) is 29.4 Å². The quantitative estimate of drug-likeness (QED) is 0.679. The largest absolute Gasteiger partial charge is 0.389 e. The molecule has 2 aromatic rings. The number of rotatable bonds is 8. The van der Waals surface area contributed by atoms with E-state index in [0.29, 0.717) is 25.7 Å². The van der Waals surface area contributed by atoms with Crippen molar-refractivity contribution in [3.63, 3.8) is 0 Å². The summed E-state index contributed by atoms with van der Waals surface area (Å²) in [5.74, 6) is 0.375. The fourth-order valence-electron chi connectivity index (χ4n) is 3.90. The highest BCUT2D eigenvalue weighted by molar-refractivity contribution is 5.88. The number of benzene rings is 2. The van der Waals surface area contributed by atoms with Crippen molar-refractivity contribution >= 4 is 5.71 Å². The number of ether oxygens (including phenoxy) is 2. The van der Waals surface area contributed by atoms with Crippen molar-refractivity contribution in [1.29, 1.82) is 0 Å². The van der Waals surface area contributed by atoms with Gasteiger partial charge in [0.2, 0.25) is 0 Å². The molecule has 1 saturated carbocycles. The maximum Gasteiger partial charge on any atom is 0.163 e. The van der Waals surface area contributed by atoms with E-state index in [9.17, 15) is 0 Å². The van der Waals surface area contributed by atoms with E-state index in [4.69, 9.17) is 14.3 Å². The third-order valence-electron chi connectivity index (χ3n) is 5.38. The van der Waals surface area contributed by atoms with Crippen LogP contribution in [0.2, 0.25) is 0 Å². The Balaban J connectivity index is 1.38. The molecule has 0 bridgehead atoms. The predicted octanol–water partition coefficient (Wildman–Crippen LogP) is 4.73. The molecule has 142 valence electrons. The molecule has 1 aliphatic heterocycles. The normalized spacial score (nSPS) is 22.6. The summed E-state index contributed by atoms with van der Waals surface area (Å²) in [4.78, 5) is 5.84. The average molecular weight is 365 g/mol. The second-order valence-corrected chi connectivity index (χ2v) is 7.34. The second kappa shape index (κ2) is 9.16. The van der Waals surface area contributed by atoms with E-state index in [0.717, 1.165) is 18.4 Å². The molecule has 0 spiro atoms. The Bertz CT molecular complexity index is 732. The van der Waals surface area contributed by atoms with E-state index in [1.54, 1.807) is 0 Å². The van der Waals surface area contributed by atoms with Gasteiger partial charge in [-0.3, -0.25) is 0 Å². The molecule has 3 atom stereocenters. The van der Waals surface area contributed by atoms with E-state index in [-0.39, 0.29) is 12.2 Å². The third-order valence-corrected chi connectivity index (χ3v) is 5.38. The van der Waals surface area contributed by atoms with Crippen molar-refractivity contribution in [2.75, 3.05) is 6.61 Å². The first-order valence-corrected chi connectivity index (χ1v) is 9.90. The molecule has 0 N–H and O–H groups in total. The second-order valence-electron chi connectivity index (χ2n) is 7.34. The van der Waals surface area contributed by atoms with Crippen molar-refractivity contribution in [2.24, 2.45) is 11.1 Å². The van der Waals surface area contributed by atoms with E-state index in [1.807, 2.05) is 36.4 Å². The molecule has 1 fully saturated rings. The first-order chi connectivity index (χ1) is 13.4. The Kier molecular flexibility index (Phi) is 6.17. The van der Waals surface area contributed by atoms with Crippen molar-refractivity contribution in [3.05, 3.63) is 71.8 Å². The van der Waals surface area contributed by atoms with Crippen LogP contribution in [0.4, 0.5) is 0 Å². The van der Waals surface area contributed by atoms with Gasteiger partial charge in [-0.2, -0.15) is 0 Å². The molecule has 2 aliphatic rings. The highest BCUT2D eigenvalue weighted by Crippen LogP contribution is 2.34. The summed E-state index contributed by atoms with van der Waals surface area (Å²) in [6.07, 6.45) is 4.47. The summed E-state index contributed by atoms with van der Waals surface area (Å²) < 4.78 is 12.3. The molecule has 0 aromatic heterocycles. The summed E-state index contributed by atoms with van der Waals surface area (Å²) >= 11 is 0. The zero-order chi connectivity index (χ0) is 18.3. The van der Waals surface area contributed by atoms with Crippen LogP contribution in [-0.2, 0) is 27.5 Å². The molecule has 4 heteroatoms. The molecular formula is C23H27NO3. The molecule has 0 saturated heterocycles. The lowest BCUT2D eigenvalue weighted by atomic mass is 9.82. The topological polar surface area (TPSA) is 40.0 Å². The number of fused-ring (bicyclic) bond motifs is 1. The van der Waals surface area contributed by atoms with Gasteiger partial charge < -0.3 is 14.3 Å². The molecule has 0 radical (unpaired) electrons. The zero-order valence-electron chi connectivity index (χ0n) is 15.6. The van der Waals surface area contributed by atoms with Crippen molar-refractivity contribution < 1.29 is 14.3 Å². The Hall–Kier alpha value is -2.17. The van der Waals surface area contributed by atoms with Crippen LogP contribution in [0.25, 0.3) is 0 Å². The van der Waals surface area contributed by atoms with Crippen LogP contribution in [0, 0.1) is 5.92 Å². The molecule has 0 unspecified atom stereocenters. The summed E-state index contributed by atoms with van der Waals surface area (Å²) in [6, 6.07) is 20.5. The number of hydrogen-bond donors (Lipinski definition) is 0. The van der Waals surface area contributed by atoms with E-state index in [1.165, 1.54) is 24.1 Å². The highest BCUT2D eigenvalue weighted by atomic mass is 16.7. The van der Waals surface area contributed by atoms with Gasteiger partial charge in [0.15, 0.2) is 6.10 Å². The Morgan fingerprint density at radius 1 is 0.926 bits per heavy atom. The van der Waals surface area contributed by atoms with Gasteiger partial charge in [0.05, 0.1) is 25.5 Å².